The van der Waals surface area contributed by atoms with Crippen LogP contribution in [0.2, 0.25) is 10.0 Å². The molecule has 2 aromatic carbocycles. The summed E-state index contributed by atoms with van der Waals surface area (Å²) in [6.07, 6.45) is -0.696. The van der Waals surface area contributed by atoms with E-state index in [0.29, 0.717) is 27.2 Å². The highest BCUT2D eigenvalue weighted by Gasteiger charge is 2.17. The molecule has 122 valence electrons. The minimum absolute atomic E-state index is 0.306. The molecule has 0 aliphatic heterocycles. The lowest BCUT2D eigenvalue weighted by Crippen LogP contribution is -2.30. The SMILES string of the molecule is COc1ccc(Cl)cc1NC(=O)[C@@H](C)Oc1ccc(Cl)cc1C. The van der Waals surface area contributed by atoms with E-state index in [1.165, 1.54) is 7.11 Å². The number of aryl methyl sites for hydroxylation is 1. The number of halogens is 2. The van der Waals surface area contributed by atoms with Gasteiger partial charge in [-0.25, -0.2) is 0 Å². The molecule has 0 aliphatic carbocycles. The van der Waals surface area contributed by atoms with Gasteiger partial charge in [-0.2, -0.15) is 0 Å². The Kier molecular flexibility index (Phi) is 5.74. The second-order valence-electron chi connectivity index (χ2n) is 5.00. The molecule has 0 unspecified atom stereocenters. The van der Waals surface area contributed by atoms with E-state index in [9.17, 15) is 4.79 Å². The van der Waals surface area contributed by atoms with Crippen LogP contribution in [0.3, 0.4) is 0 Å². The van der Waals surface area contributed by atoms with Crippen LogP contribution < -0.4 is 14.8 Å². The van der Waals surface area contributed by atoms with Crippen LogP contribution in [0.1, 0.15) is 12.5 Å². The number of nitrogens with one attached hydrogen (secondary N) is 1. The van der Waals surface area contributed by atoms with Crippen molar-refractivity contribution in [2.24, 2.45) is 0 Å². The lowest BCUT2D eigenvalue weighted by molar-refractivity contribution is -0.122. The summed E-state index contributed by atoms with van der Waals surface area (Å²) in [6.45, 7) is 3.53. The molecule has 1 amide bonds. The third-order valence-corrected chi connectivity index (χ3v) is 3.70. The molecule has 0 aliphatic rings. The Morgan fingerprint density at radius 2 is 1.70 bits per heavy atom. The number of anilines is 1. The van der Waals surface area contributed by atoms with Crippen molar-refractivity contribution in [3.63, 3.8) is 0 Å². The summed E-state index contributed by atoms with van der Waals surface area (Å²) in [7, 11) is 1.52. The Morgan fingerprint density at radius 1 is 1.09 bits per heavy atom. The second kappa shape index (κ2) is 7.57. The first-order chi connectivity index (χ1) is 10.9. The molecule has 1 atom stereocenters. The Labute approximate surface area is 145 Å². The van der Waals surface area contributed by atoms with Gasteiger partial charge in [0.25, 0.3) is 5.91 Å². The van der Waals surface area contributed by atoms with Crippen LogP contribution in [0, 0.1) is 6.92 Å². The van der Waals surface area contributed by atoms with Gasteiger partial charge in [0, 0.05) is 10.0 Å². The van der Waals surface area contributed by atoms with E-state index in [0.717, 1.165) is 5.56 Å². The zero-order chi connectivity index (χ0) is 17.0. The van der Waals surface area contributed by atoms with Crippen molar-refractivity contribution >= 4 is 34.8 Å². The molecule has 0 saturated carbocycles. The number of benzene rings is 2. The highest BCUT2D eigenvalue weighted by atomic mass is 35.5. The van der Waals surface area contributed by atoms with Crippen molar-refractivity contribution in [3.05, 3.63) is 52.0 Å². The molecule has 0 fully saturated rings. The van der Waals surface area contributed by atoms with Crippen LogP contribution in [0.25, 0.3) is 0 Å². The highest BCUT2D eigenvalue weighted by Crippen LogP contribution is 2.28. The van der Waals surface area contributed by atoms with E-state index in [2.05, 4.69) is 5.32 Å². The lowest BCUT2D eigenvalue weighted by atomic mass is 10.2. The average molecular weight is 354 g/mol. The molecule has 2 rings (SSSR count). The Balaban J connectivity index is 2.10. The number of hydrogen-bond acceptors (Lipinski definition) is 3. The van der Waals surface area contributed by atoms with Gasteiger partial charge in [-0.05, 0) is 55.8 Å². The van der Waals surface area contributed by atoms with Gasteiger partial charge in [0.2, 0.25) is 0 Å². The molecule has 0 bridgehead atoms. The zero-order valence-electron chi connectivity index (χ0n) is 13.0. The molecule has 0 saturated heterocycles. The number of hydrogen-bond donors (Lipinski definition) is 1. The van der Waals surface area contributed by atoms with Gasteiger partial charge in [0.1, 0.15) is 11.5 Å². The summed E-state index contributed by atoms with van der Waals surface area (Å²) in [4.78, 5) is 12.3. The fourth-order valence-electron chi connectivity index (χ4n) is 2.00. The van der Waals surface area contributed by atoms with Crippen molar-refractivity contribution in [3.8, 4) is 11.5 Å². The largest absolute Gasteiger partial charge is 0.495 e. The Hall–Kier alpha value is -1.91. The minimum Gasteiger partial charge on any atom is -0.495 e. The first-order valence-corrected chi connectivity index (χ1v) is 7.73. The van der Waals surface area contributed by atoms with E-state index in [1.807, 2.05) is 6.92 Å². The van der Waals surface area contributed by atoms with E-state index < -0.39 is 6.10 Å². The van der Waals surface area contributed by atoms with Gasteiger partial charge in [-0.3, -0.25) is 4.79 Å². The zero-order valence-corrected chi connectivity index (χ0v) is 14.5. The normalized spacial score (nSPS) is 11.7. The topological polar surface area (TPSA) is 47.6 Å². The maximum Gasteiger partial charge on any atom is 0.265 e. The van der Waals surface area contributed by atoms with Gasteiger partial charge in [0.15, 0.2) is 6.10 Å². The third-order valence-electron chi connectivity index (χ3n) is 3.23. The number of amides is 1. The monoisotopic (exact) mass is 353 g/mol. The van der Waals surface area contributed by atoms with Crippen molar-refractivity contribution in [1.29, 1.82) is 0 Å². The van der Waals surface area contributed by atoms with Crippen molar-refractivity contribution in [1.82, 2.24) is 0 Å². The lowest BCUT2D eigenvalue weighted by Gasteiger charge is -2.17. The summed E-state index contributed by atoms with van der Waals surface area (Å²) < 4.78 is 10.9. The van der Waals surface area contributed by atoms with Gasteiger partial charge in [-0.15, -0.1) is 0 Å². The number of carbonyl (C=O) groups excluding carboxylic acids is 1. The van der Waals surface area contributed by atoms with Crippen LogP contribution in [0.5, 0.6) is 11.5 Å². The first kappa shape index (κ1) is 17.4. The van der Waals surface area contributed by atoms with E-state index in [1.54, 1.807) is 43.3 Å². The molecule has 0 radical (unpaired) electrons. The molecular formula is C17H17Cl2NO3. The van der Waals surface area contributed by atoms with Crippen molar-refractivity contribution < 1.29 is 14.3 Å². The molecular weight excluding hydrogens is 337 g/mol. The number of ether oxygens (including phenoxy) is 2. The summed E-state index contributed by atoms with van der Waals surface area (Å²) in [5.74, 6) is 0.827. The fraction of sp³-hybridized carbons (Fsp3) is 0.235. The van der Waals surface area contributed by atoms with E-state index in [4.69, 9.17) is 32.7 Å². The molecule has 23 heavy (non-hydrogen) atoms. The highest BCUT2D eigenvalue weighted by molar-refractivity contribution is 6.31. The van der Waals surface area contributed by atoms with Crippen molar-refractivity contribution in [2.75, 3.05) is 12.4 Å². The maximum atomic E-state index is 12.3. The number of rotatable bonds is 5. The van der Waals surface area contributed by atoms with E-state index in [-0.39, 0.29) is 5.91 Å². The molecule has 4 nitrogen and oxygen atoms in total. The summed E-state index contributed by atoms with van der Waals surface area (Å²) >= 11 is 11.9. The Morgan fingerprint density at radius 3 is 2.30 bits per heavy atom. The van der Waals surface area contributed by atoms with Crippen LogP contribution in [-0.2, 0) is 4.79 Å². The van der Waals surface area contributed by atoms with Crippen LogP contribution in [0.15, 0.2) is 36.4 Å². The predicted octanol–water partition coefficient (Wildman–Crippen LogP) is 4.72. The molecule has 1 N–H and O–H groups in total. The van der Waals surface area contributed by atoms with Crippen LogP contribution in [0.4, 0.5) is 5.69 Å². The minimum atomic E-state index is -0.696. The van der Waals surface area contributed by atoms with E-state index >= 15 is 0 Å². The molecule has 0 aromatic heterocycles. The molecule has 0 spiro atoms. The number of methoxy groups -OCH3 is 1. The Bertz CT molecular complexity index is 719. The first-order valence-electron chi connectivity index (χ1n) is 6.98. The fourth-order valence-corrected chi connectivity index (χ4v) is 2.40. The molecule has 2 aromatic rings. The van der Waals surface area contributed by atoms with Gasteiger partial charge in [-0.1, -0.05) is 23.2 Å². The van der Waals surface area contributed by atoms with Crippen LogP contribution >= 0.6 is 23.2 Å². The summed E-state index contributed by atoms with van der Waals surface area (Å²) in [5.41, 5.74) is 1.35. The van der Waals surface area contributed by atoms with Gasteiger partial charge in [0.05, 0.1) is 12.8 Å². The summed E-state index contributed by atoms with van der Waals surface area (Å²) in [5, 5.41) is 3.88. The number of carbonyl (C=O) groups is 1. The molecule has 0 heterocycles. The average Bonchev–Trinajstić information content (AvgIpc) is 2.50. The summed E-state index contributed by atoms with van der Waals surface area (Å²) in [6, 6.07) is 10.2. The van der Waals surface area contributed by atoms with Crippen LogP contribution in [-0.4, -0.2) is 19.1 Å². The smallest absolute Gasteiger partial charge is 0.265 e. The van der Waals surface area contributed by atoms with Gasteiger partial charge >= 0.3 is 0 Å². The molecule has 6 heteroatoms. The predicted molar refractivity (Wildman–Crippen MR) is 92.9 cm³/mol. The van der Waals surface area contributed by atoms with Crippen molar-refractivity contribution in [2.45, 2.75) is 20.0 Å². The standard InChI is InChI=1S/C17H17Cl2NO3/c1-10-8-12(18)4-6-15(10)23-11(2)17(21)20-14-9-13(19)5-7-16(14)22-3/h4-9,11H,1-3H3,(H,20,21)/t11-/m1/s1. The second-order valence-corrected chi connectivity index (χ2v) is 5.88. The maximum absolute atomic E-state index is 12.3. The van der Waals surface area contributed by atoms with Gasteiger partial charge < -0.3 is 14.8 Å². The quantitative estimate of drug-likeness (QED) is 0.845. The third kappa shape index (κ3) is 4.53.